The topological polar surface area (TPSA) is 21.3 Å². The molecule has 0 aliphatic heterocycles. The molecule has 0 saturated carbocycles. The summed E-state index contributed by atoms with van der Waals surface area (Å²) in [6.07, 6.45) is -4.39. The summed E-state index contributed by atoms with van der Waals surface area (Å²) in [5, 5.41) is 2.63. The molecule has 6 heteroatoms. The molecule has 1 N–H and O–H groups in total. The summed E-state index contributed by atoms with van der Waals surface area (Å²) in [5.41, 5.74) is -0.450. The highest BCUT2D eigenvalue weighted by atomic mass is 35.5. The van der Waals surface area contributed by atoms with Gasteiger partial charge in [-0.2, -0.15) is 13.2 Å². The van der Waals surface area contributed by atoms with E-state index >= 15 is 0 Å². The average Bonchev–Trinajstić information content (AvgIpc) is 2.15. The fourth-order valence-corrected chi connectivity index (χ4v) is 1.18. The third kappa shape index (κ3) is 2.92. The van der Waals surface area contributed by atoms with Gasteiger partial charge >= 0.3 is 6.18 Å². The van der Waals surface area contributed by atoms with Crippen LogP contribution in [0, 0.1) is 0 Å². The minimum Gasteiger partial charge on any atom is -0.494 e. The lowest BCUT2D eigenvalue weighted by Crippen LogP contribution is -2.08. The molecule has 0 aliphatic rings. The first kappa shape index (κ1) is 13.9. The molecule has 1 rings (SSSR count). The molecule has 0 amide bonds. The molecular weight excluding hydrogens is 231 g/mol. The van der Waals surface area contributed by atoms with Crippen molar-refractivity contribution in [2.24, 2.45) is 0 Å². The van der Waals surface area contributed by atoms with E-state index in [1.54, 1.807) is 0 Å². The van der Waals surface area contributed by atoms with E-state index in [0.29, 0.717) is 5.69 Å². The summed E-state index contributed by atoms with van der Waals surface area (Å²) in [5.74, 6) is -0.178. The second kappa shape index (κ2) is 5.11. The van der Waals surface area contributed by atoms with Gasteiger partial charge in [0.15, 0.2) is 5.75 Å². The maximum absolute atomic E-state index is 12.4. The first-order chi connectivity index (χ1) is 6.50. The normalized spacial score (nSPS) is 10.5. The van der Waals surface area contributed by atoms with Gasteiger partial charge in [-0.15, -0.1) is 12.4 Å². The Morgan fingerprint density at radius 2 is 1.87 bits per heavy atom. The van der Waals surface area contributed by atoms with Crippen LogP contribution in [0.25, 0.3) is 0 Å². The number of hydrogen-bond acceptors (Lipinski definition) is 2. The number of nitrogens with one attached hydrogen (secondary N) is 1. The summed E-state index contributed by atoms with van der Waals surface area (Å²) in [6.45, 7) is 0. The number of para-hydroxylation sites is 1. The Morgan fingerprint density at radius 3 is 2.27 bits per heavy atom. The molecule has 1 aromatic carbocycles. The SMILES string of the molecule is CNc1cccc(C(F)(F)F)c1OC.Cl. The van der Waals surface area contributed by atoms with Crippen LogP contribution in [-0.2, 0) is 6.18 Å². The summed E-state index contributed by atoms with van der Waals surface area (Å²) < 4.78 is 42.0. The molecule has 0 saturated heterocycles. The maximum Gasteiger partial charge on any atom is 0.420 e. The smallest absolute Gasteiger partial charge is 0.420 e. The molecule has 15 heavy (non-hydrogen) atoms. The summed E-state index contributed by atoms with van der Waals surface area (Å²) in [7, 11) is 2.75. The Morgan fingerprint density at radius 1 is 1.27 bits per heavy atom. The van der Waals surface area contributed by atoms with E-state index in [4.69, 9.17) is 4.74 Å². The van der Waals surface area contributed by atoms with Crippen molar-refractivity contribution < 1.29 is 17.9 Å². The van der Waals surface area contributed by atoms with Crippen molar-refractivity contribution in [2.75, 3.05) is 19.5 Å². The second-order valence-corrected chi connectivity index (χ2v) is 2.63. The van der Waals surface area contributed by atoms with E-state index in [0.717, 1.165) is 6.07 Å². The predicted octanol–water partition coefficient (Wildman–Crippen LogP) is 3.18. The summed E-state index contributed by atoms with van der Waals surface area (Å²) >= 11 is 0. The standard InChI is InChI=1S/C9H10F3NO.ClH/c1-13-7-5-3-4-6(8(7)14-2)9(10,11)12;/h3-5,13H,1-2H3;1H. The van der Waals surface area contributed by atoms with Gasteiger partial charge in [-0.25, -0.2) is 0 Å². The fourth-order valence-electron chi connectivity index (χ4n) is 1.18. The molecule has 0 fully saturated rings. The van der Waals surface area contributed by atoms with Gasteiger partial charge in [0.25, 0.3) is 0 Å². The Bertz CT molecular complexity index is 328. The molecule has 0 bridgehead atoms. The number of ether oxygens (including phenoxy) is 1. The van der Waals surface area contributed by atoms with Gasteiger partial charge in [-0.1, -0.05) is 6.07 Å². The van der Waals surface area contributed by atoms with E-state index in [1.807, 2.05) is 0 Å². The van der Waals surface area contributed by atoms with Crippen molar-refractivity contribution in [2.45, 2.75) is 6.18 Å². The van der Waals surface area contributed by atoms with Crippen molar-refractivity contribution in [3.63, 3.8) is 0 Å². The van der Waals surface area contributed by atoms with Crippen LogP contribution < -0.4 is 10.1 Å². The minimum absolute atomic E-state index is 0. The number of methoxy groups -OCH3 is 1. The van der Waals surface area contributed by atoms with Crippen molar-refractivity contribution >= 4 is 18.1 Å². The zero-order valence-corrected chi connectivity index (χ0v) is 9.00. The van der Waals surface area contributed by atoms with Crippen LogP contribution in [0.15, 0.2) is 18.2 Å². The summed E-state index contributed by atoms with van der Waals surface area (Å²) in [6, 6.07) is 3.84. The Kier molecular flexibility index (Phi) is 4.74. The quantitative estimate of drug-likeness (QED) is 0.859. The van der Waals surface area contributed by atoms with E-state index in [9.17, 15) is 13.2 Å². The first-order valence-corrected chi connectivity index (χ1v) is 3.92. The van der Waals surface area contributed by atoms with E-state index in [-0.39, 0.29) is 18.2 Å². The largest absolute Gasteiger partial charge is 0.494 e. The maximum atomic E-state index is 12.4. The lowest BCUT2D eigenvalue weighted by molar-refractivity contribution is -0.138. The monoisotopic (exact) mass is 241 g/mol. The number of rotatable bonds is 2. The van der Waals surface area contributed by atoms with Gasteiger partial charge in [0, 0.05) is 7.05 Å². The van der Waals surface area contributed by atoms with Gasteiger partial charge in [-0.05, 0) is 12.1 Å². The van der Waals surface area contributed by atoms with Gasteiger partial charge in [-0.3, -0.25) is 0 Å². The third-order valence-corrected chi connectivity index (χ3v) is 1.79. The third-order valence-electron chi connectivity index (χ3n) is 1.79. The number of halogens is 4. The first-order valence-electron chi connectivity index (χ1n) is 3.92. The van der Waals surface area contributed by atoms with Crippen LogP contribution in [0.5, 0.6) is 5.75 Å². The Labute approximate surface area is 91.8 Å². The molecular formula is C9H11ClF3NO. The number of anilines is 1. The van der Waals surface area contributed by atoms with Gasteiger partial charge in [0.2, 0.25) is 0 Å². The van der Waals surface area contributed by atoms with Gasteiger partial charge < -0.3 is 10.1 Å². The zero-order chi connectivity index (χ0) is 10.8. The second-order valence-electron chi connectivity index (χ2n) is 2.63. The lowest BCUT2D eigenvalue weighted by atomic mass is 10.1. The average molecular weight is 242 g/mol. The molecule has 0 heterocycles. The van der Waals surface area contributed by atoms with Crippen LogP contribution in [0.3, 0.4) is 0 Å². The molecule has 0 aromatic heterocycles. The predicted molar refractivity (Wildman–Crippen MR) is 54.8 cm³/mol. The number of hydrogen-bond donors (Lipinski definition) is 1. The Balaban J connectivity index is 0.00000196. The molecule has 0 radical (unpaired) electrons. The van der Waals surface area contributed by atoms with Crippen LogP contribution >= 0.6 is 12.4 Å². The van der Waals surface area contributed by atoms with Gasteiger partial charge in [0.1, 0.15) is 0 Å². The minimum atomic E-state index is -4.39. The van der Waals surface area contributed by atoms with E-state index < -0.39 is 11.7 Å². The van der Waals surface area contributed by atoms with E-state index in [2.05, 4.69) is 5.32 Å². The fraction of sp³-hybridized carbons (Fsp3) is 0.333. The van der Waals surface area contributed by atoms with Crippen molar-refractivity contribution in [3.8, 4) is 5.75 Å². The molecule has 0 spiro atoms. The number of benzene rings is 1. The Hall–Kier alpha value is -1.10. The van der Waals surface area contributed by atoms with Crippen molar-refractivity contribution in [1.82, 2.24) is 0 Å². The molecule has 1 aromatic rings. The molecule has 0 atom stereocenters. The molecule has 0 aliphatic carbocycles. The summed E-state index contributed by atoms with van der Waals surface area (Å²) in [4.78, 5) is 0. The highest BCUT2D eigenvalue weighted by molar-refractivity contribution is 5.85. The van der Waals surface area contributed by atoms with Crippen molar-refractivity contribution in [1.29, 1.82) is 0 Å². The highest BCUT2D eigenvalue weighted by Gasteiger charge is 2.35. The molecule has 2 nitrogen and oxygen atoms in total. The van der Waals surface area contributed by atoms with Crippen molar-refractivity contribution in [3.05, 3.63) is 23.8 Å². The van der Waals surface area contributed by atoms with Crippen LogP contribution in [0.4, 0.5) is 18.9 Å². The number of alkyl halides is 3. The van der Waals surface area contributed by atoms with Crippen LogP contribution in [0.1, 0.15) is 5.56 Å². The van der Waals surface area contributed by atoms with E-state index in [1.165, 1.54) is 26.3 Å². The van der Waals surface area contributed by atoms with Crippen LogP contribution in [0.2, 0.25) is 0 Å². The van der Waals surface area contributed by atoms with Crippen LogP contribution in [-0.4, -0.2) is 14.2 Å². The molecule has 86 valence electrons. The lowest BCUT2D eigenvalue weighted by Gasteiger charge is -2.14. The zero-order valence-electron chi connectivity index (χ0n) is 8.18. The van der Waals surface area contributed by atoms with Gasteiger partial charge in [0.05, 0.1) is 18.4 Å². The highest BCUT2D eigenvalue weighted by Crippen LogP contribution is 2.39. The molecule has 0 unspecified atom stereocenters.